The van der Waals surface area contributed by atoms with Crippen molar-refractivity contribution in [1.29, 1.82) is 0 Å². The molecule has 2 rings (SSSR count). The Morgan fingerprint density at radius 2 is 2.25 bits per heavy atom. The smallest absolute Gasteiger partial charge is 0.221 e. The second-order valence-corrected chi connectivity index (χ2v) is 4.84. The van der Waals surface area contributed by atoms with Crippen LogP contribution < -0.4 is 15.4 Å². The molecule has 1 heterocycles. The van der Waals surface area contributed by atoms with Gasteiger partial charge in [0.2, 0.25) is 5.91 Å². The van der Waals surface area contributed by atoms with Crippen molar-refractivity contribution < 1.29 is 14.3 Å². The van der Waals surface area contributed by atoms with E-state index in [-0.39, 0.29) is 5.91 Å². The van der Waals surface area contributed by atoms with Gasteiger partial charge in [0.15, 0.2) is 0 Å². The van der Waals surface area contributed by atoms with E-state index in [0.717, 1.165) is 12.3 Å². The molecule has 1 aromatic rings. The molecule has 2 N–H and O–H groups in total. The van der Waals surface area contributed by atoms with Gasteiger partial charge in [-0.1, -0.05) is 18.2 Å². The summed E-state index contributed by atoms with van der Waals surface area (Å²) in [6, 6.07) is 8.12. The Morgan fingerprint density at radius 1 is 1.40 bits per heavy atom. The van der Waals surface area contributed by atoms with Crippen LogP contribution in [0.25, 0.3) is 0 Å². The Morgan fingerprint density at radius 3 is 3.10 bits per heavy atom. The molecule has 1 unspecified atom stereocenters. The van der Waals surface area contributed by atoms with Crippen LogP contribution in [0.2, 0.25) is 0 Å². The fourth-order valence-corrected chi connectivity index (χ4v) is 2.26. The molecular formula is C15H22N2O3. The SMILES string of the molecule is COCCNC(=O)CCNCC1COc2ccccc21. The summed E-state index contributed by atoms with van der Waals surface area (Å²) in [5.74, 6) is 1.41. The fraction of sp³-hybridized carbons (Fsp3) is 0.533. The molecule has 5 nitrogen and oxygen atoms in total. The number of amides is 1. The van der Waals surface area contributed by atoms with Crippen LogP contribution in [0.4, 0.5) is 0 Å². The molecule has 0 bridgehead atoms. The summed E-state index contributed by atoms with van der Waals surface area (Å²) in [6.07, 6.45) is 0.485. The summed E-state index contributed by atoms with van der Waals surface area (Å²) in [5.41, 5.74) is 1.25. The van der Waals surface area contributed by atoms with Crippen LogP contribution in [0, 0.1) is 0 Å². The van der Waals surface area contributed by atoms with E-state index in [1.165, 1.54) is 5.56 Å². The molecule has 0 radical (unpaired) electrons. The number of fused-ring (bicyclic) bond motifs is 1. The van der Waals surface area contributed by atoms with Crippen molar-refractivity contribution in [3.8, 4) is 5.75 Å². The van der Waals surface area contributed by atoms with Crippen LogP contribution in [0.5, 0.6) is 5.75 Å². The van der Waals surface area contributed by atoms with Gasteiger partial charge in [-0.05, 0) is 6.07 Å². The summed E-state index contributed by atoms with van der Waals surface area (Å²) in [5, 5.41) is 6.12. The largest absolute Gasteiger partial charge is 0.493 e. The molecule has 0 spiro atoms. The molecule has 0 aliphatic carbocycles. The Balaban J connectivity index is 1.61. The highest BCUT2D eigenvalue weighted by molar-refractivity contribution is 5.76. The maximum absolute atomic E-state index is 11.5. The maximum Gasteiger partial charge on any atom is 0.221 e. The topological polar surface area (TPSA) is 59.6 Å². The van der Waals surface area contributed by atoms with Crippen LogP contribution in [-0.4, -0.2) is 45.9 Å². The molecule has 110 valence electrons. The minimum Gasteiger partial charge on any atom is -0.493 e. The first-order chi connectivity index (χ1) is 9.81. The Kier molecular flexibility index (Phi) is 5.83. The van der Waals surface area contributed by atoms with Gasteiger partial charge in [0.25, 0.3) is 0 Å². The molecule has 1 amide bonds. The molecule has 0 aromatic heterocycles. The van der Waals surface area contributed by atoms with Gasteiger partial charge in [-0.25, -0.2) is 0 Å². The van der Waals surface area contributed by atoms with E-state index >= 15 is 0 Å². The average Bonchev–Trinajstić information content (AvgIpc) is 2.87. The van der Waals surface area contributed by atoms with Crippen LogP contribution >= 0.6 is 0 Å². The van der Waals surface area contributed by atoms with E-state index in [1.54, 1.807) is 7.11 Å². The van der Waals surface area contributed by atoms with E-state index < -0.39 is 0 Å². The summed E-state index contributed by atoms with van der Waals surface area (Å²) in [4.78, 5) is 11.5. The number of rotatable bonds is 8. The Hall–Kier alpha value is -1.59. The Labute approximate surface area is 119 Å². The van der Waals surface area contributed by atoms with Crippen molar-refractivity contribution in [2.24, 2.45) is 0 Å². The highest BCUT2D eigenvalue weighted by atomic mass is 16.5. The summed E-state index contributed by atoms with van der Waals surface area (Å²) in [6.45, 7) is 3.35. The van der Waals surface area contributed by atoms with Gasteiger partial charge in [-0.15, -0.1) is 0 Å². The zero-order valence-electron chi connectivity index (χ0n) is 11.9. The zero-order valence-corrected chi connectivity index (χ0v) is 11.9. The van der Waals surface area contributed by atoms with Gasteiger partial charge < -0.3 is 20.1 Å². The van der Waals surface area contributed by atoms with Gasteiger partial charge in [0.05, 0.1) is 13.2 Å². The normalized spacial score (nSPS) is 16.6. The number of carbonyl (C=O) groups excluding carboxylic acids is 1. The van der Waals surface area contributed by atoms with E-state index in [0.29, 0.717) is 38.6 Å². The third kappa shape index (κ3) is 4.21. The average molecular weight is 278 g/mol. The van der Waals surface area contributed by atoms with Crippen molar-refractivity contribution >= 4 is 5.91 Å². The number of nitrogens with one attached hydrogen (secondary N) is 2. The molecule has 5 heteroatoms. The van der Waals surface area contributed by atoms with Crippen LogP contribution in [0.3, 0.4) is 0 Å². The number of para-hydroxylation sites is 1. The Bertz CT molecular complexity index is 437. The number of methoxy groups -OCH3 is 1. The second kappa shape index (κ2) is 7.87. The standard InChI is InChI=1S/C15H22N2O3/c1-19-9-8-17-15(18)6-7-16-10-12-11-20-14-5-3-2-4-13(12)14/h2-5,12,16H,6-11H2,1H3,(H,17,18). The third-order valence-electron chi connectivity index (χ3n) is 3.35. The van der Waals surface area contributed by atoms with Gasteiger partial charge in [0, 0.05) is 44.6 Å². The lowest BCUT2D eigenvalue weighted by molar-refractivity contribution is -0.121. The quantitative estimate of drug-likeness (QED) is 0.694. The van der Waals surface area contributed by atoms with Gasteiger partial charge >= 0.3 is 0 Å². The lowest BCUT2D eigenvalue weighted by Crippen LogP contribution is -2.31. The number of hydrogen-bond acceptors (Lipinski definition) is 4. The van der Waals surface area contributed by atoms with Crippen LogP contribution in [-0.2, 0) is 9.53 Å². The molecular weight excluding hydrogens is 256 g/mol. The first-order valence-corrected chi connectivity index (χ1v) is 6.99. The molecule has 0 saturated carbocycles. The molecule has 20 heavy (non-hydrogen) atoms. The van der Waals surface area contributed by atoms with Crippen LogP contribution in [0.1, 0.15) is 17.9 Å². The minimum atomic E-state index is 0.0534. The molecule has 1 aromatic carbocycles. The molecule has 1 aliphatic rings. The highest BCUT2D eigenvalue weighted by Gasteiger charge is 2.22. The van der Waals surface area contributed by atoms with Crippen molar-refractivity contribution in [1.82, 2.24) is 10.6 Å². The number of benzene rings is 1. The van der Waals surface area contributed by atoms with E-state index in [1.807, 2.05) is 18.2 Å². The number of carbonyl (C=O) groups is 1. The van der Waals surface area contributed by atoms with Gasteiger partial charge in [-0.2, -0.15) is 0 Å². The van der Waals surface area contributed by atoms with E-state index in [4.69, 9.17) is 9.47 Å². The monoisotopic (exact) mass is 278 g/mol. The molecule has 1 aliphatic heterocycles. The van der Waals surface area contributed by atoms with Gasteiger partial charge in [0.1, 0.15) is 5.75 Å². The molecule has 0 saturated heterocycles. The maximum atomic E-state index is 11.5. The van der Waals surface area contributed by atoms with Crippen molar-refractivity contribution in [2.45, 2.75) is 12.3 Å². The predicted molar refractivity (Wildman–Crippen MR) is 77.1 cm³/mol. The van der Waals surface area contributed by atoms with Crippen molar-refractivity contribution in [3.63, 3.8) is 0 Å². The lowest BCUT2D eigenvalue weighted by Gasteiger charge is -2.10. The number of ether oxygens (including phenoxy) is 2. The predicted octanol–water partition coefficient (Wildman–Crippen LogP) is 0.905. The third-order valence-corrected chi connectivity index (χ3v) is 3.35. The molecule has 1 atom stereocenters. The lowest BCUT2D eigenvalue weighted by atomic mass is 10.0. The fourth-order valence-electron chi connectivity index (χ4n) is 2.26. The highest BCUT2D eigenvalue weighted by Crippen LogP contribution is 2.32. The summed E-state index contributed by atoms with van der Waals surface area (Å²) < 4.78 is 10.5. The molecule has 0 fully saturated rings. The van der Waals surface area contributed by atoms with Crippen molar-refractivity contribution in [2.75, 3.05) is 40.0 Å². The second-order valence-electron chi connectivity index (χ2n) is 4.84. The minimum absolute atomic E-state index is 0.0534. The zero-order chi connectivity index (χ0) is 14.2. The van der Waals surface area contributed by atoms with Crippen molar-refractivity contribution in [3.05, 3.63) is 29.8 Å². The summed E-state index contributed by atoms with van der Waals surface area (Å²) >= 11 is 0. The van der Waals surface area contributed by atoms with E-state index in [9.17, 15) is 4.79 Å². The first-order valence-electron chi connectivity index (χ1n) is 6.99. The first kappa shape index (κ1) is 14.8. The summed E-state index contributed by atoms with van der Waals surface area (Å²) in [7, 11) is 1.62. The van der Waals surface area contributed by atoms with Gasteiger partial charge in [-0.3, -0.25) is 4.79 Å². The number of hydrogen-bond donors (Lipinski definition) is 2. The van der Waals surface area contributed by atoms with E-state index in [2.05, 4.69) is 16.7 Å². The van der Waals surface area contributed by atoms with Crippen LogP contribution in [0.15, 0.2) is 24.3 Å².